The van der Waals surface area contributed by atoms with Gasteiger partial charge in [0, 0.05) is 5.56 Å². The average Bonchev–Trinajstić information content (AvgIpc) is 2.49. The molecule has 0 fully saturated rings. The lowest BCUT2D eigenvalue weighted by atomic mass is 9.74. The first kappa shape index (κ1) is 15.6. The Bertz CT molecular complexity index is 795. The number of hydrogen-bond acceptors (Lipinski definition) is 8. The third-order valence-electron chi connectivity index (χ3n) is 3.96. The minimum atomic E-state index is -1.83. The van der Waals surface area contributed by atoms with Crippen LogP contribution in [-0.4, -0.2) is 50.4 Å². The third-order valence-corrected chi connectivity index (χ3v) is 3.96. The number of benzene rings is 1. The Morgan fingerprint density at radius 1 is 1.17 bits per heavy atom. The van der Waals surface area contributed by atoms with Gasteiger partial charge < -0.3 is 29.9 Å². The van der Waals surface area contributed by atoms with E-state index in [0.717, 1.165) is 6.07 Å². The van der Waals surface area contributed by atoms with Crippen molar-refractivity contribution < 1.29 is 49.1 Å². The van der Waals surface area contributed by atoms with Crippen LogP contribution >= 0.6 is 0 Å². The van der Waals surface area contributed by atoms with Crippen LogP contribution in [0, 0.1) is 5.92 Å². The number of aliphatic carboxylic acids is 2. The zero-order chi connectivity index (χ0) is 17.8. The highest BCUT2D eigenvalue weighted by Crippen LogP contribution is 2.53. The van der Waals surface area contributed by atoms with E-state index in [0.29, 0.717) is 0 Å². The van der Waals surface area contributed by atoms with Gasteiger partial charge >= 0.3 is 23.9 Å². The van der Waals surface area contributed by atoms with Gasteiger partial charge in [0.2, 0.25) is 11.9 Å². The van der Waals surface area contributed by atoms with Crippen molar-refractivity contribution in [1.82, 2.24) is 0 Å². The van der Waals surface area contributed by atoms with Crippen molar-refractivity contribution in [3.8, 4) is 17.2 Å². The molecule has 0 amide bonds. The van der Waals surface area contributed by atoms with E-state index < -0.39 is 65.5 Å². The van der Waals surface area contributed by atoms with Crippen LogP contribution in [0.15, 0.2) is 6.07 Å². The van der Waals surface area contributed by atoms with Crippen LogP contribution in [0.1, 0.15) is 28.3 Å². The van der Waals surface area contributed by atoms with Crippen molar-refractivity contribution in [3.05, 3.63) is 17.2 Å². The summed E-state index contributed by atoms with van der Waals surface area (Å²) in [5, 5.41) is 37.7. The first-order valence-corrected chi connectivity index (χ1v) is 6.68. The summed E-state index contributed by atoms with van der Waals surface area (Å²) in [4.78, 5) is 46.5. The van der Waals surface area contributed by atoms with Crippen molar-refractivity contribution in [2.45, 2.75) is 18.4 Å². The van der Waals surface area contributed by atoms with Crippen LogP contribution in [0.4, 0.5) is 0 Å². The molecule has 2 aliphatic heterocycles. The van der Waals surface area contributed by atoms with Gasteiger partial charge in [-0.05, 0) is 6.07 Å². The average molecular weight is 338 g/mol. The van der Waals surface area contributed by atoms with E-state index >= 15 is 0 Å². The van der Waals surface area contributed by atoms with Crippen molar-refractivity contribution >= 4 is 23.9 Å². The summed E-state index contributed by atoms with van der Waals surface area (Å²) < 4.78 is 9.66. The predicted octanol–water partition coefficient (Wildman–Crippen LogP) is -0.185. The number of carboxylic acids is 2. The zero-order valence-corrected chi connectivity index (χ0v) is 11.8. The molecular formula is C14H10O10. The van der Waals surface area contributed by atoms with Crippen molar-refractivity contribution in [1.29, 1.82) is 0 Å². The van der Waals surface area contributed by atoms with E-state index in [1.54, 1.807) is 0 Å². The molecule has 0 radical (unpaired) electrons. The molecule has 0 spiro atoms. The number of hydrogen-bond donors (Lipinski definition) is 4. The number of phenols is 2. The molecule has 2 aliphatic rings. The fourth-order valence-electron chi connectivity index (χ4n) is 2.99. The van der Waals surface area contributed by atoms with Gasteiger partial charge in [0.1, 0.15) is 0 Å². The lowest BCUT2D eigenvalue weighted by Gasteiger charge is -2.38. The number of aromatic hydroxyl groups is 2. The molecule has 2 heterocycles. The molecule has 0 bridgehead atoms. The number of rotatable bonds is 3. The lowest BCUT2D eigenvalue weighted by molar-refractivity contribution is -0.157. The molecular weight excluding hydrogens is 328 g/mol. The van der Waals surface area contributed by atoms with Crippen LogP contribution in [0.5, 0.6) is 17.2 Å². The number of cyclic esters (lactones) is 1. The molecule has 24 heavy (non-hydrogen) atoms. The topological polar surface area (TPSA) is 168 Å². The number of ether oxygens (including phenoxy) is 2. The Hall–Kier alpha value is -3.30. The van der Waals surface area contributed by atoms with Crippen LogP contribution in [0.2, 0.25) is 0 Å². The first-order valence-electron chi connectivity index (χ1n) is 6.68. The molecule has 0 aliphatic carbocycles. The van der Waals surface area contributed by atoms with Crippen molar-refractivity contribution in [3.63, 3.8) is 0 Å². The number of carboxylic acid groups (broad SMARTS) is 2. The molecule has 0 saturated heterocycles. The summed E-state index contributed by atoms with van der Waals surface area (Å²) in [5.74, 6) is -10.2. The lowest BCUT2D eigenvalue weighted by Crippen LogP contribution is -2.47. The number of esters is 2. The Labute approximate surface area is 132 Å². The van der Waals surface area contributed by atoms with Crippen LogP contribution in [0.25, 0.3) is 0 Å². The van der Waals surface area contributed by atoms with Crippen molar-refractivity contribution in [2.24, 2.45) is 5.92 Å². The van der Waals surface area contributed by atoms with Crippen LogP contribution in [0.3, 0.4) is 0 Å². The molecule has 3 rings (SSSR count). The van der Waals surface area contributed by atoms with Crippen molar-refractivity contribution in [2.75, 3.05) is 0 Å². The number of carbonyl (C=O) groups is 4. The highest BCUT2D eigenvalue weighted by Gasteiger charge is 2.53. The predicted molar refractivity (Wildman–Crippen MR) is 70.7 cm³/mol. The number of carbonyl (C=O) groups excluding carboxylic acids is 2. The summed E-state index contributed by atoms with van der Waals surface area (Å²) >= 11 is 0. The van der Waals surface area contributed by atoms with Crippen LogP contribution in [-0.2, 0) is 19.1 Å². The van der Waals surface area contributed by atoms with Gasteiger partial charge in [-0.1, -0.05) is 0 Å². The maximum Gasteiger partial charge on any atom is 0.345 e. The molecule has 0 aromatic heterocycles. The fourth-order valence-corrected chi connectivity index (χ4v) is 2.99. The molecule has 0 saturated carbocycles. The van der Waals surface area contributed by atoms with Gasteiger partial charge in [-0.15, -0.1) is 0 Å². The summed E-state index contributed by atoms with van der Waals surface area (Å²) in [6.07, 6.45) is -2.59. The minimum absolute atomic E-state index is 0.167. The quantitative estimate of drug-likeness (QED) is 0.329. The second-order valence-electron chi connectivity index (χ2n) is 5.35. The molecule has 1 aromatic carbocycles. The molecule has 10 nitrogen and oxygen atoms in total. The molecule has 126 valence electrons. The first-order chi connectivity index (χ1) is 11.2. The Balaban J connectivity index is 2.29. The summed E-state index contributed by atoms with van der Waals surface area (Å²) in [7, 11) is 0. The fraction of sp³-hybridized carbons (Fsp3) is 0.286. The minimum Gasteiger partial charge on any atom is -0.504 e. The zero-order valence-electron chi connectivity index (χ0n) is 11.8. The second-order valence-corrected chi connectivity index (χ2v) is 5.35. The summed E-state index contributed by atoms with van der Waals surface area (Å²) in [6, 6.07) is 0.846. The van der Waals surface area contributed by atoms with Gasteiger partial charge in [0.05, 0.1) is 23.8 Å². The van der Waals surface area contributed by atoms with Gasteiger partial charge in [-0.3, -0.25) is 9.59 Å². The van der Waals surface area contributed by atoms with E-state index in [1.807, 2.05) is 0 Å². The van der Waals surface area contributed by atoms with E-state index in [4.69, 9.17) is 14.6 Å². The van der Waals surface area contributed by atoms with E-state index in [9.17, 15) is 34.5 Å². The molecule has 3 atom stereocenters. The normalized spacial score (nSPS) is 24.6. The Morgan fingerprint density at radius 2 is 1.83 bits per heavy atom. The monoisotopic (exact) mass is 338 g/mol. The second kappa shape index (κ2) is 5.11. The Morgan fingerprint density at radius 3 is 2.42 bits per heavy atom. The smallest absolute Gasteiger partial charge is 0.345 e. The van der Waals surface area contributed by atoms with Crippen LogP contribution < -0.4 is 4.74 Å². The van der Waals surface area contributed by atoms with E-state index in [-0.39, 0.29) is 11.1 Å². The van der Waals surface area contributed by atoms with E-state index in [2.05, 4.69) is 0 Å². The Kier molecular flexibility index (Phi) is 3.32. The van der Waals surface area contributed by atoms with Gasteiger partial charge in [-0.2, -0.15) is 0 Å². The largest absolute Gasteiger partial charge is 0.504 e. The van der Waals surface area contributed by atoms with E-state index in [1.165, 1.54) is 0 Å². The number of phenolic OH excluding ortho intramolecular Hbond substituents is 2. The molecule has 4 N–H and O–H groups in total. The molecule has 10 heteroatoms. The highest BCUT2D eigenvalue weighted by molar-refractivity contribution is 6.00. The summed E-state index contributed by atoms with van der Waals surface area (Å²) in [6.45, 7) is 0. The summed E-state index contributed by atoms with van der Waals surface area (Å²) in [5.41, 5.74) is -0.467. The SMILES string of the molecule is O=C(O)C[C@@H]1C(=O)Oc2c(O)c(O)cc3c2[C@H]1[C@H](C(=O)O)OC3=O. The maximum absolute atomic E-state index is 12.1. The standard InChI is InChI=1S/C14H10O10/c15-5-1-3-7-8(11(12(19)20)24-13(3)21)4(2-6(16)17)14(22)23-10(7)9(5)18/h1,4,8,11,15,18H,2H2,(H,16,17)(H,19,20)/t4-,8-,11+/m0/s1. The third kappa shape index (κ3) is 2.11. The molecule has 0 unspecified atom stereocenters. The highest BCUT2D eigenvalue weighted by atomic mass is 16.6. The maximum atomic E-state index is 12.1. The molecule has 1 aromatic rings. The van der Waals surface area contributed by atoms with Gasteiger partial charge in [0.15, 0.2) is 11.5 Å². The van der Waals surface area contributed by atoms with Gasteiger partial charge in [0.25, 0.3) is 0 Å². The van der Waals surface area contributed by atoms with Gasteiger partial charge in [-0.25, -0.2) is 9.59 Å².